The van der Waals surface area contributed by atoms with Crippen LogP contribution >= 0.6 is 0 Å². The zero-order valence-electron chi connectivity index (χ0n) is 27.4. The second-order valence-corrected chi connectivity index (χ2v) is 14.2. The molecular formula is C46H37N. The third kappa shape index (κ3) is 4.09. The Labute approximate surface area is 277 Å². The van der Waals surface area contributed by atoms with Gasteiger partial charge >= 0.3 is 0 Å². The van der Waals surface area contributed by atoms with E-state index in [1.807, 2.05) is 0 Å². The Morgan fingerprint density at radius 1 is 0.383 bits per heavy atom. The zero-order valence-corrected chi connectivity index (χ0v) is 27.4. The molecule has 0 heterocycles. The summed E-state index contributed by atoms with van der Waals surface area (Å²) in [5, 5.41) is 2.65. The highest BCUT2D eigenvalue weighted by Crippen LogP contribution is 2.54. The van der Waals surface area contributed by atoms with Gasteiger partial charge in [-0.3, -0.25) is 0 Å². The lowest BCUT2D eigenvalue weighted by atomic mass is 9.80. The molecule has 7 aromatic rings. The fraction of sp³-hybridized carbons (Fsp3) is 0.130. The maximum Gasteiger partial charge on any atom is 0.0467 e. The van der Waals surface area contributed by atoms with Gasteiger partial charge in [0.15, 0.2) is 0 Å². The normalized spacial score (nSPS) is 14.7. The fourth-order valence-corrected chi connectivity index (χ4v) is 8.46. The summed E-state index contributed by atoms with van der Waals surface area (Å²) in [6.07, 6.45) is 0. The first-order valence-electron chi connectivity index (χ1n) is 16.7. The molecule has 0 fully saturated rings. The van der Waals surface area contributed by atoms with Crippen molar-refractivity contribution in [1.82, 2.24) is 0 Å². The topological polar surface area (TPSA) is 3.24 Å². The van der Waals surface area contributed by atoms with E-state index in [1.54, 1.807) is 0 Å². The summed E-state index contributed by atoms with van der Waals surface area (Å²) in [4.78, 5) is 2.46. The van der Waals surface area contributed by atoms with E-state index in [-0.39, 0.29) is 10.8 Å². The number of nitrogens with zero attached hydrogens (tertiary/aromatic N) is 1. The standard InChI is InChI=1S/C46H37N/c1-45(2)41-20-11-10-19-37(41)38-25-22-34(28-42(38)45)47(33-17-12-16-32(27-33)30-13-6-5-7-14-30)35-23-26-39-40-24-21-31-15-8-9-18-36(31)44(40)46(3,4)43(39)29-35/h5-29H,1-4H3. The first kappa shape index (κ1) is 27.9. The number of fused-ring (bicyclic) bond motifs is 8. The number of rotatable bonds is 4. The molecule has 1 heteroatoms. The summed E-state index contributed by atoms with van der Waals surface area (Å²) in [5.41, 5.74) is 16.7. The average Bonchev–Trinajstić information content (AvgIpc) is 3.48. The average molecular weight is 604 g/mol. The minimum Gasteiger partial charge on any atom is -0.310 e. The molecular weight excluding hydrogens is 567 g/mol. The predicted octanol–water partition coefficient (Wildman–Crippen LogP) is 12.6. The van der Waals surface area contributed by atoms with E-state index < -0.39 is 0 Å². The lowest BCUT2D eigenvalue weighted by Gasteiger charge is -2.30. The molecule has 0 atom stereocenters. The van der Waals surface area contributed by atoms with Crippen LogP contribution in [0.4, 0.5) is 17.1 Å². The van der Waals surface area contributed by atoms with Gasteiger partial charge in [0.25, 0.3) is 0 Å². The molecule has 0 saturated heterocycles. The van der Waals surface area contributed by atoms with Crippen molar-refractivity contribution in [3.63, 3.8) is 0 Å². The van der Waals surface area contributed by atoms with Gasteiger partial charge in [-0.25, -0.2) is 0 Å². The van der Waals surface area contributed by atoms with Gasteiger partial charge in [-0.15, -0.1) is 0 Å². The van der Waals surface area contributed by atoms with Crippen molar-refractivity contribution in [2.24, 2.45) is 0 Å². The summed E-state index contributed by atoms with van der Waals surface area (Å²) in [6.45, 7) is 9.51. The van der Waals surface area contributed by atoms with Crippen molar-refractivity contribution < 1.29 is 0 Å². The van der Waals surface area contributed by atoms with Gasteiger partial charge in [-0.2, -0.15) is 0 Å². The predicted molar refractivity (Wildman–Crippen MR) is 199 cm³/mol. The molecule has 1 nitrogen and oxygen atoms in total. The van der Waals surface area contributed by atoms with Gasteiger partial charge in [0, 0.05) is 27.9 Å². The van der Waals surface area contributed by atoms with Crippen molar-refractivity contribution in [2.75, 3.05) is 4.90 Å². The molecule has 0 radical (unpaired) electrons. The SMILES string of the molecule is CC1(C)c2ccccc2-c2ccc(N(c3cccc(-c4ccccc4)c3)c3ccc4c(c3)C(C)(C)c3c-4ccc4ccccc34)cc21. The number of hydrogen-bond acceptors (Lipinski definition) is 1. The second-order valence-electron chi connectivity index (χ2n) is 14.2. The van der Waals surface area contributed by atoms with Crippen LogP contribution in [0.15, 0.2) is 152 Å². The second kappa shape index (κ2) is 10.0. The maximum absolute atomic E-state index is 2.46. The quantitative estimate of drug-likeness (QED) is 0.193. The molecule has 0 aromatic heterocycles. The summed E-state index contributed by atoms with van der Waals surface area (Å²) in [6, 6.07) is 56.2. The minimum absolute atomic E-state index is 0.0812. The monoisotopic (exact) mass is 603 g/mol. The van der Waals surface area contributed by atoms with Crippen LogP contribution in [-0.2, 0) is 10.8 Å². The Morgan fingerprint density at radius 3 is 1.74 bits per heavy atom. The van der Waals surface area contributed by atoms with Crippen molar-refractivity contribution >= 4 is 27.8 Å². The first-order valence-corrected chi connectivity index (χ1v) is 16.7. The minimum atomic E-state index is -0.138. The van der Waals surface area contributed by atoms with Crippen LogP contribution in [0.1, 0.15) is 49.9 Å². The third-order valence-electron chi connectivity index (χ3n) is 10.8. The summed E-state index contributed by atoms with van der Waals surface area (Å²) in [7, 11) is 0. The van der Waals surface area contributed by atoms with Crippen LogP contribution in [0, 0.1) is 0 Å². The Kier molecular flexibility index (Phi) is 5.96. The molecule has 0 amide bonds. The third-order valence-corrected chi connectivity index (χ3v) is 10.8. The molecule has 9 rings (SSSR count). The maximum atomic E-state index is 2.46. The fourth-order valence-electron chi connectivity index (χ4n) is 8.46. The molecule has 226 valence electrons. The molecule has 2 aliphatic carbocycles. The smallest absolute Gasteiger partial charge is 0.0467 e. The van der Waals surface area contributed by atoms with E-state index in [0.717, 1.165) is 5.69 Å². The van der Waals surface area contributed by atoms with Crippen molar-refractivity contribution in [2.45, 2.75) is 38.5 Å². The molecule has 0 N–H and O–H groups in total. The van der Waals surface area contributed by atoms with Crippen LogP contribution in [0.2, 0.25) is 0 Å². The summed E-state index contributed by atoms with van der Waals surface area (Å²) < 4.78 is 0. The highest BCUT2D eigenvalue weighted by atomic mass is 15.1. The Balaban J connectivity index is 1.24. The molecule has 7 aromatic carbocycles. The Bertz CT molecular complexity index is 2360. The summed E-state index contributed by atoms with van der Waals surface area (Å²) >= 11 is 0. The van der Waals surface area contributed by atoms with Crippen LogP contribution in [0.25, 0.3) is 44.2 Å². The molecule has 0 saturated carbocycles. The van der Waals surface area contributed by atoms with E-state index in [9.17, 15) is 0 Å². The first-order chi connectivity index (χ1) is 22.8. The molecule has 47 heavy (non-hydrogen) atoms. The van der Waals surface area contributed by atoms with E-state index in [1.165, 1.54) is 77.8 Å². The molecule has 2 aliphatic rings. The largest absolute Gasteiger partial charge is 0.310 e. The van der Waals surface area contributed by atoms with Gasteiger partial charge in [-0.1, -0.05) is 143 Å². The number of benzene rings is 7. The highest BCUT2D eigenvalue weighted by molar-refractivity contribution is 5.98. The van der Waals surface area contributed by atoms with Gasteiger partial charge in [0.2, 0.25) is 0 Å². The van der Waals surface area contributed by atoms with E-state index >= 15 is 0 Å². The molecule has 0 unspecified atom stereocenters. The van der Waals surface area contributed by atoms with Crippen LogP contribution in [0.3, 0.4) is 0 Å². The highest BCUT2D eigenvalue weighted by Gasteiger charge is 2.38. The number of anilines is 3. The molecule has 0 spiro atoms. The van der Waals surface area contributed by atoms with Gasteiger partial charge in [0.1, 0.15) is 0 Å². The molecule has 0 bridgehead atoms. The van der Waals surface area contributed by atoms with E-state index in [2.05, 4.69) is 184 Å². The van der Waals surface area contributed by atoms with Crippen molar-refractivity contribution in [1.29, 1.82) is 0 Å². The van der Waals surface area contributed by atoms with Gasteiger partial charge < -0.3 is 4.90 Å². The van der Waals surface area contributed by atoms with Gasteiger partial charge in [0.05, 0.1) is 0 Å². The van der Waals surface area contributed by atoms with Crippen LogP contribution in [-0.4, -0.2) is 0 Å². The lowest BCUT2D eigenvalue weighted by Crippen LogP contribution is -2.18. The van der Waals surface area contributed by atoms with Crippen molar-refractivity contribution in [3.05, 3.63) is 174 Å². The summed E-state index contributed by atoms with van der Waals surface area (Å²) in [5.74, 6) is 0. The van der Waals surface area contributed by atoms with Gasteiger partial charge in [-0.05, 0) is 103 Å². The Hall–Kier alpha value is -5.40. The lowest BCUT2D eigenvalue weighted by molar-refractivity contribution is 0.660. The number of hydrogen-bond donors (Lipinski definition) is 0. The van der Waals surface area contributed by atoms with Crippen LogP contribution in [0.5, 0.6) is 0 Å². The Morgan fingerprint density at radius 2 is 0.957 bits per heavy atom. The van der Waals surface area contributed by atoms with E-state index in [4.69, 9.17) is 0 Å². The zero-order chi connectivity index (χ0) is 31.9. The molecule has 0 aliphatic heterocycles. The van der Waals surface area contributed by atoms with Crippen LogP contribution < -0.4 is 4.90 Å². The van der Waals surface area contributed by atoms with E-state index in [0.29, 0.717) is 0 Å². The van der Waals surface area contributed by atoms with Crippen molar-refractivity contribution in [3.8, 4) is 33.4 Å².